The van der Waals surface area contributed by atoms with E-state index in [9.17, 15) is 9.59 Å². The third kappa shape index (κ3) is 3.48. The molecule has 0 radical (unpaired) electrons. The summed E-state index contributed by atoms with van der Waals surface area (Å²) in [6.45, 7) is 3.89. The molecule has 2 amide bonds. The van der Waals surface area contributed by atoms with Crippen molar-refractivity contribution >= 4 is 28.2 Å². The van der Waals surface area contributed by atoms with Gasteiger partial charge in [0.25, 0.3) is 11.8 Å². The normalized spacial score (nSPS) is 14.6. The lowest BCUT2D eigenvalue weighted by Gasteiger charge is -2.13. The summed E-state index contributed by atoms with van der Waals surface area (Å²) < 4.78 is 0. The van der Waals surface area contributed by atoms with Crippen molar-refractivity contribution in [2.75, 3.05) is 5.32 Å². The Morgan fingerprint density at radius 1 is 1.12 bits per heavy atom. The molecule has 24 heavy (non-hydrogen) atoms. The number of rotatable bonds is 4. The van der Waals surface area contributed by atoms with Gasteiger partial charge in [-0.2, -0.15) is 0 Å². The van der Waals surface area contributed by atoms with Crippen LogP contribution in [-0.4, -0.2) is 22.8 Å². The van der Waals surface area contributed by atoms with Crippen LogP contribution in [0, 0.1) is 13.8 Å². The van der Waals surface area contributed by atoms with Crippen LogP contribution < -0.4 is 10.6 Å². The van der Waals surface area contributed by atoms with Crippen molar-refractivity contribution in [3.8, 4) is 0 Å². The van der Waals surface area contributed by atoms with Gasteiger partial charge in [-0.25, -0.2) is 0 Å². The minimum absolute atomic E-state index is 0.0891. The fourth-order valence-electron chi connectivity index (χ4n) is 2.99. The Bertz CT molecular complexity index is 749. The van der Waals surface area contributed by atoms with Crippen molar-refractivity contribution in [1.82, 2.24) is 10.3 Å². The number of thiophene rings is 1. The number of hydrogen-bond acceptors (Lipinski definition) is 4. The number of aryl methyl sites for hydroxylation is 1. The topological polar surface area (TPSA) is 71.1 Å². The summed E-state index contributed by atoms with van der Waals surface area (Å²) in [5.41, 5.74) is 2.04. The molecule has 2 heterocycles. The molecule has 3 rings (SSSR count). The van der Waals surface area contributed by atoms with Crippen molar-refractivity contribution in [3.63, 3.8) is 0 Å². The van der Waals surface area contributed by atoms with E-state index in [0.717, 1.165) is 36.1 Å². The van der Waals surface area contributed by atoms with E-state index < -0.39 is 0 Å². The Labute approximate surface area is 145 Å². The molecule has 0 aliphatic heterocycles. The van der Waals surface area contributed by atoms with Crippen LogP contribution in [0.2, 0.25) is 0 Å². The summed E-state index contributed by atoms with van der Waals surface area (Å²) >= 11 is 1.44. The van der Waals surface area contributed by atoms with Gasteiger partial charge in [0.2, 0.25) is 0 Å². The number of nitrogens with zero attached hydrogens (tertiary/aromatic N) is 1. The zero-order chi connectivity index (χ0) is 17.1. The molecule has 0 bridgehead atoms. The fourth-order valence-corrected chi connectivity index (χ4v) is 4.05. The molecule has 0 spiro atoms. The Morgan fingerprint density at radius 2 is 1.79 bits per heavy atom. The van der Waals surface area contributed by atoms with Gasteiger partial charge in [0.05, 0.1) is 5.56 Å². The van der Waals surface area contributed by atoms with E-state index in [1.807, 2.05) is 13.8 Å². The molecule has 1 fully saturated rings. The van der Waals surface area contributed by atoms with Crippen LogP contribution in [-0.2, 0) is 0 Å². The molecule has 6 heteroatoms. The Morgan fingerprint density at radius 3 is 2.46 bits per heavy atom. The largest absolute Gasteiger partial charge is 0.349 e. The summed E-state index contributed by atoms with van der Waals surface area (Å²) in [4.78, 5) is 30.1. The minimum Gasteiger partial charge on any atom is -0.349 e. The van der Waals surface area contributed by atoms with Crippen molar-refractivity contribution in [3.05, 3.63) is 46.1 Å². The standard InChI is InChI=1S/C18H21N3O2S/c1-11-12(2)24-18(21-16(22)13-7-9-19-10-8-13)15(11)17(23)20-14-5-3-4-6-14/h7-10,14H,3-6H2,1-2H3,(H,20,23)(H,21,22). The summed E-state index contributed by atoms with van der Waals surface area (Å²) in [6.07, 6.45) is 7.55. The maximum absolute atomic E-state index is 12.7. The van der Waals surface area contributed by atoms with Gasteiger partial charge in [-0.05, 0) is 44.4 Å². The van der Waals surface area contributed by atoms with Crippen LogP contribution in [0.4, 0.5) is 5.00 Å². The smallest absolute Gasteiger partial charge is 0.256 e. The molecule has 126 valence electrons. The van der Waals surface area contributed by atoms with Crippen LogP contribution in [0.1, 0.15) is 56.8 Å². The lowest BCUT2D eigenvalue weighted by atomic mass is 10.1. The summed E-state index contributed by atoms with van der Waals surface area (Å²) in [7, 11) is 0. The highest BCUT2D eigenvalue weighted by molar-refractivity contribution is 7.16. The van der Waals surface area contributed by atoms with E-state index in [0.29, 0.717) is 16.1 Å². The molecule has 0 unspecified atom stereocenters. The van der Waals surface area contributed by atoms with Crippen LogP contribution in [0.3, 0.4) is 0 Å². The van der Waals surface area contributed by atoms with Crippen LogP contribution in [0.15, 0.2) is 24.5 Å². The number of hydrogen-bond donors (Lipinski definition) is 2. The SMILES string of the molecule is Cc1sc(NC(=O)c2ccncc2)c(C(=O)NC2CCCC2)c1C. The van der Waals surface area contributed by atoms with Gasteiger partial charge in [0, 0.05) is 28.9 Å². The summed E-state index contributed by atoms with van der Waals surface area (Å²) in [5.74, 6) is -0.317. The van der Waals surface area contributed by atoms with Gasteiger partial charge in [-0.1, -0.05) is 12.8 Å². The highest BCUT2D eigenvalue weighted by atomic mass is 32.1. The Balaban J connectivity index is 1.81. The monoisotopic (exact) mass is 343 g/mol. The summed E-state index contributed by atoms with van der Waals surface area (Å²) in [6, 6.07) is 3.56. The molecule has 0 aromatic carbocycles. The number of amides is 2. The number of carbonyl (C=O) groups is 2. The number of anilines is 1. The second-order valence-corrected chi connectivity index (χ2v) is 7.36. The average Bonchev–Trinajstić information content (AvgIpc) is 3.17. The van der Waals surface area contributed by atoms with Crippen LogP contribution in [0.5, 0.6) is 0 Å². The maximum atomic E-state index is 12.7. The van der Waals surface area contributed by atoms with Crippen molar-refractivity contribution in [2.24, 2.45) is 0 Å². The first-order chi connectivity index (χ1) is 11.6. The first-order valence-corrected chi connectivity index (χ1v) is 9.00. The Hall–Kier alpha value is -2.21. The Kier molecular flexibility index (Phi) is 4.94. The number of nitrogens with one attached hydrogen (secondary N) is 2. The quantitative estimate of drug-likeness (QED) is 0.889. The van der Waals surface area contributed by atoms with E-state index in [1.54, 1.807) is 24.5 Å². The molecule has 2 aromatic rings. The van der Waals surface area contributed by atoms with Crippen molar-refractivity contribution < 1.29 is 9.59 Å². The van der Waals surface area contributed by atoms with Gasteiger partial charge in [0.1, 0.15) is 5.00 Å². The predicted molar refractivity (Wildman–Crippen MR) is 95.7 cm³/mol. The lowest BCUT2D eigenvalue weighted by molar-refractivity contribution is 0.0938. The van der Waals surface area contributed by atoms with Gasteiger partial charge >= 0.3 is 0 Å². The molecule has 0 saturated heterocycles. The average molecular weight is 343 g/mol. The minimum atomic E-state index is -0.228. The van der Waals surface area contributed by atoms with Crippen molar-refractivity contribution in [2.45, 2.75) is 45.6 Å². The number of pyridine rings is 1. The van der Waals surface area contributed by atoms with Gasteiger partial charge in [-0.15, -0.1) is 11.3 Å². The number of carbonyl (C=O) groups excluding carboxylic acids is 2. The fraction of sp³-hybridized carbons (Fsp3) is 0.389. The van der Waals surface area contributed by atoms with E-state index >= 15 is 0 Å². The van der Waals surface area contributed by atoms with E-state index in [2.05, 4.69) is 15.6 Å². The first kappa shape index (κ1) is 16.6. The van der Waals surface area contributed by atoms with Gasteiger partial charge in [-0.3, -0.25) is 14.6 Å². The number of aromatic nitrogens is 1. The highest BCUT2D eigenvalue weighted by Gasteiger charge is 2.24. The molecule has 1 aliphatic rings. The van der Waals surface area contributed by atoms with E-state index in [-0.39, 0.29) is 17.9 Å². The first-order valence-electron chi connectivity index (χ1n) is 8.18. The molecular formula is C18H21N3O2S. The third-order valence-electron chi connectivity index (χ3n) is 4.47. The molecule has 2 N–H and O–H groups in total. The lowest BCUT2D eigenvalue weighted by Crippen LogP contribution is -2.33. The predicted octanol–water partition coefficient (Wildman–Crippen LogP) is 3.68. The molecule has 5 nitrogen and oxygen atoms in total. The molecular weight excluding hydrogens is 322 g/mol. The maximum Gasteiger partial charge on any atom is 0.256 e. The molecule has 1 aliphatic carbocycles. The molecule has 0 atom stereocenters. The zero-order valence-electron chi connectivity index (χ0n) is 13.9. The highest BCUT2D eigenvalue weighted by Crippen LogP contribution is 2.33. The van der Waals surface area contributed by atoms with E-state index in [4.69, 9.17) is 0 Å². The zero-order valence-corrected chi connectivity index (χ0v) is 14.7. The van der Waals surface area contributed by atoms with Crippen LogP contribution >= 0.6 is 11.3 Å². The van der Waals surface area contributed by atoms with E-state index in [1.165, 1.54) is 11.3 Å². The molecule has 2 aromatic heterocycles. The van der Waals surface area contributed by atoms with Gasteiger partial charge in [0.15, 0.2) is 0 Å². The second-order valence-electron chi connectivity index (χ2n) is 6.13. The summed E-state index contributed by atoms with van der Waals surface area (Å²) in [5, 5.41) is 6.61. The third-order valence-corrected chi connectivity index (χ3v) is 5.60. The van der Waals surface area contributed by atoms with Crippen LogP contribution in [0.25, 0.3) is 0 Å². The molecule has 1 saturated carbocycles. The second kappa shape index (κ2) is 7.13. The van der Waals surface area contributed by atoms with Crippen molar-refractivity contribution in [1.29, 1.82) is 0 Å². The van der Waals surface area contributed by atoms with Gasteiger partial charge < -0.3 is 10.6 Å².